The summed E-state index contributed by atoms with van der Waals surface area (Å²) in [6, 6.07) is 9.69. The molecule has 0 spiro atoms. The third-order valence-electron chi connectivity index (χ3n) is 4.10. The minimum atomic E-state index is -3.88. The molecule has 140 valence electrons. The third kappa shape index (κ3) is 3.40. The van der Waals surface area contributed by atoms with E-state index in [4.69, 9.17) is 0 Å². The van der Waals surface area contributed by atoms with Crippen LogP contribution in [-0.4, -0.2) is 45.3 Å². The van der Waals surface area contributed by atoms with Crippen molar-refractivity contribution >= 4 is 38.5 Å². The Hall–Kier alpha value is -2.50. The molecule has 1 atom stereocenters. The van der Waals surface area contributed by atoms with Crippen molar-refractivity contribution in [1.82, 2.24) is 29.6 Å². The van der Waals surface area contributed by atoms with Crippen LogP contribution >= 0.6 is 11.8 Å². The first kappa shape index (κ1) is 17.9. The van der Waals surface area contributed by atoms with Crippen LogP contribution in [0.2, 0.25) is 0 Å². The van der Waals surface area contributed by atoms with Gasteiger partial charge in [-0.05, 0) is 53.0 Å². The van der Waals surface area contributed by atoms with Gasteiger partial charge >= 0.3 is 0 Å². The second kappa shape index (κ2) is 7.25. The second-order valence-electron chi connectivity index (χ2n) is 5.83. The van der Waals surface area contributed by atoms with Crippen LogP contribution in [0.25, 0.3) is 16.7 Å². The quantitative estimate of drug-likeness (QED) is 0.497. The maximum atomic E-state index is 13.1. The van der Waals surface area contributed by atoms with Gasteiger partial charge in [-0.15, -0.1) is 10.2 Å². The maximum absolute atomic E-state index is 13.1. The SMILES string of the molecule is CSCC[C@H](NS(=O)(=O)c1cccc2nonc12)c1nnc2ccccn12. The lowest BCUT2D eigenvalue weighted by Gasteiger charge is -2.17. The Balaban J connectivity index is 1.74. The van der Waals surface area contributed by atoms with E-state index < -0.39 is 16.1 Å². The van der Waals surface area contributed by atoms with Gasteiger partial charge < -0.3 is 0 Å². The van der Waals surface area contributed by atoms with Crippen molar-refractivity contribution in [2.24, 2.45) is 0 Å². The van der Waals surface area contributed by atoms with Gasteiger partial charge in [0, 0.05) is 6.20 Å². The molecule has 3 aromatic heterocycles. The molecule has 1 N–H and O–H groups in total. The summed E-state index contributed by atoms with van der Waals surface area (Å²) in [5.41, 5.74) is 1.23. The number of thioether (sulfide) groups is 1. The Morgan fingerprint density at radius 3 is 2.93 bits per heavy atom. The average molecular weight is 404 g/mol. The van der Waals surface area contributed by atoms with Gasteiger partial charge in [0.05, 0.1) is 6.04 Å². The Kier molecular flexibility index (Phi) is 4.81. The second-order valence-corrected chi connectivity index (χ2v) is 8.50. The predicted molar refractivity (Wildman–Crippen MR) is 101 cm³/mol. The van der Waals surface area contributed by atoms with Crippen LogP contribution in [0.3, 0.4) is 0 Å². The van der Waals surface area contributed by atoms with Crippen LogP contribution in [0.4, 0.5) is 0 Å². The highest BCUT2D eigenvalue weighted by atomic mass is 32.2. The van der Waals surface area contributed by atoms with Crippen molar-refractivity contribution in [3.8, 4) is 0 Å². The van der Waals surface area contributed by atoms with Crippen LogP contribution in [0.15, 0.2) is 52.1 Å². The van der Waals surface area contributed by atoms with E-state index in [1.54, 1.807) is 28.3 Å². The molecule has 0 unspecified atom stereocenters. The van der Waals surface area contributed by atoms with E-state index in [0.29, 0.717) is 23.4 Å². The number of pyridine rings is 1. The number of aromatic nitrogens is 5. The van der Waals surface area contributed by atoms with E-state index in [-0.39, 0.29) is 10.4 Å². The highest BCUT2D eigenvalue weighted by Crippen LogP contribution is 2.24. The standard InChI is InChI=1S/C16H16N6O3S2/c1-26-10-8-12(16-18-17-14-7-2-3-9-22(14)16)21-27(23,24)13-6-4-5-11-15(13)20-25-19-11/h2-7,9,12,21H,8,10H2,1H3/t12-/m0/s1. The average Bonchev–Trinajstić information content (AvgIpc) is 3.31. The molecule has 9 nitrogen and oxygen atoms in total. The molecule has 4 rings (SSSR count). The molecule has 0 fully saturated rings. The van der Waals surface area contributed by atoms with Gasteiger partial charge in [-0.3, -0.25) is 4.40 Å². The summed E-state index contributed by atoms with van der Waals surface area (Å²) in [4.78, 5) is 0.0178. The fourth-order valence-corrected chi connectivity index (χ4v) is 4.67. The molecule has 0 bridgehead atoms. The summed E-state index contributed by atoms with van der Waals surface area (Å²) in [5, 5.41) is 15.8. The molecule has 27 heavy (non-hydrogen) atoms. The van der Waals surface area contributed by atoms with E-state index in [2.05, 4.69) is 29.9 Å². The van der Waals surface area contributed by atoms with Gasteiger partial charge in [-0.25, -0.2) is 17.8 Å². The van der Waals surface area contributed by atoms with Crippen LogP contribution < -0.4 is 4.72 Å². The molecule has 0 aliphatic rings. The summed E-state index contributed by atoms with van der Waals surface area (Å²) in [5.74, 6) is 1.29. The number of fused-ring (bicyclic) bond motifs is 2. The van der Waals surface area contributed by atoms with Gasteiger partial charge in [0.25, 0.3) is 0 Å². The van der Waals surface area contributed by atoms with Crippen molar-refractivity contribution in [1.29, 1.82) is 0 Å². The highest BCUT2D eigenvalue weighted by Gasteiger charge is 2.27. The smallest absolute Gasteiger partial charge is 0.243 e. The maximum Gasteiger partial charge on any atom is 0.243 e. The fraction of sp³-hybridized carbons (Fsp3) is 0.250. The number of nitrogens with one attached hydrogen (secondary N) is 1. The minimum Gasteiger partial charge on any atom is -0.285 e. The van der Waals surface area contributed by atoms with E-state index >= 15 is 0 Å². The molecule has 0 amide bonds. The zero-order chi connectivity index (χ0) is 18.9. The molecule has 1 aromatic carbocycles. The van der Waals surface area contributed by atoms with Crippen molar-refractivity contribution < 1.29 is 13.0 Å². The minimum absolute atomic E-state index is 0.0178. The first-order valence-corrected chi connectivity index (χ1v) is 11.0. The molecule has 4 aromatic rings. The fourth-order valence-electron chi connectivity index (χ4n) is 2.82. The van der Waals surface area contributed by atoms with Gasteiger partial charge in [0.1, 0.15) is 10.4 Å². The molecule has 3 heterocycles. The molecule has 0 radical (unpaired) electrons. The van der Waals surface area contributed by atoms with E-state index in [1.807, 2.05) is 30.7 Å². The Labute approximate surface area is 159 Å². The zero-order valence-corrected chi connectivity index (χ0v) is 15.9. The Morgan fingerprint density at radius 1 is 1.19 bits per heavy atom. The van der Waals surface area contributed by atoms with Gasteiger partial charge in [-0.2, -0.15) is 11.8 Å². The third-order valence-corrected chi connectivity index (χ3v) is 6.25. The van der Waals surface area contributed by atoms with Crippen molar-refractivity contribution in [3.05, 3.63) is 48.4 Å². The monoisotopic (exact) mass is 404 g/mol. The molecule has 0 saturated carbocycles. The van der Waals surface area contributed by atoms with Crippen molar-refractivity contribution in [2.75, 3.05) is 12.0 Å². The van der Waals surface area contributed by atoms with Crippen LogP contribution in [0.5, 0.6) is 0 Å². The van der Waals surface area contributed by atoms with Crippen molar-refractivity contribution in [3.63, 3.8) is 0 Å². The molecular weight excluding hydrogens is 388 g/mol. The molecule has 0 aliphatic heterocycles. The number of nitrogens with zero attached hydrogens (tertiary/aromatic N) is 5. The van der Waals surface area contributed by atoms with Crippen molar-refractivity contribution in [2.45, 2.75) is 17.4 Å². The predicted octanol–water partition coefficient (Wildman–Crippen LogP) is 2.04. The molecule has 11 heteroatoms. The number of rotatable bonds is 7. The first-order chi connectivity index (χ1) is 13.1. The summed E-state index contributed by atoms with van der Waals surface area (Å²) in [6.45, 7) is 0. The van der Waals surface area contributed by atoms with E-state index in [1.165, 1.54) is 6.07 Å². The lowest BCUT2D eigenvalue weighted by Crippen LogP contribution is -2.30. The summed E-state index contributed by atoms with van der Waals surface area (Å²) < 4.78 is 35.3. The lowest BCUT2D eigenvalue weighted by molar-refractivity contribution is 0.315. The Morgan fingerprint density at radius 2 is 2.07 bits per heavy atom. The number of benzene rings is 1. The summed E-state index contributed by atoms with van der Waals surface area (Å²) in [6.07, 6.45) is 4.34. The van der Waals surface area contributed by atoms with E-state index in [9.17, 15) is 8.42 Å². The number of hydrogen-bond acceptors (Lipinski definition) is 8. The van der Waals surface area contributed by atoms with Gasteiger partial charge in [0.2, 0.25) is 10.0 Å². The normalized spacial score (nSPS) is 13.4. The summed E-state index contributed by atoms with van der Waals surface area (Å²) in [7, 11) is -3.88. The van der Waals surface area contributed by atoms with Crippen LogP contribution in [-0.2, 0) is 10.0 Å². The molecular formula is C16H16N6O3S2. The Bertz CT molecular complexity index is 1190. The number of hydrogen-bond donors (Lipinski definition) is 1. The zero-order valence-electron chi connectivity index (χ0n) is 14.3. The first-order valence-electron chi connectivity index (χ1n) is 8.12. The van der Waals surface area contributed by atoms with Gasteiger partial charge in [0.15, 0.2) is 17.0 Å². The number of sulfonamides is 1. The highest BCUT2D eigenvalue weighted by molar-refractivity contribution is 7.98. The van der Waals surface area contributed by atoms with Gasteiger partial charge in [-0.1, -0.05) is 12.1 Å². The molecule has 0 saturated heterocycles. The van der Waals surface area contributed by atoms with Crippen LogP contribution in [0, 0.1) is 0 Å². The topological polar surface area (TPSA) is 115 Å². The largest absolute Gasteiger partial charge is 0.285 e. The lowest BCUT2D eigenvalue weighted by atomic mass is 10.2. The van der Waals surface area contributed by atoms with Crippen LogP contribution in [0.1, 0.15) is 18.3 Å². The summed E-state index contributed by atoms with van der Waals surface area (Å²) >= 11 is 1.63. The van der Waals surface area contributed by atoms with E-state index in [0.717, 1.165) is 5.75 Å². The molecule has 0 aliphatic carbocycles.